The third kappa shape index (κ3) is 2.95. The molecular weight excluding hydrogens is 345 g/mol. The molecule has 0 saturated carbocycles. The molecule has 27 heavy (non-hydrogen) atoms. The molecule has 1 saturated heterocycles. The number of hydrogen-bond acceptors (Lipinski definition) is 5. The molecule has 0 radical (unpaired) electrons. The first-order valence-corrected chi connectivity index (χ1v) is 9.17. The predicted molar refractivity (Wildman–Crippen MR) is 98.7 cm³/mol. The first-order chi connectivity index (χ1) is 13.2. The Morgan fingerprint density at radius 3 is 2.89 bits per heavy atom. The highest BCUT2D eigenvalue weighted by atomic mass is 19.1. The van der Waals surface area contributed by atoms with Gasteiger partial charge in [0.2, 0.25) is 0 Å². The van der Waals surface area contributed by atoms with Crippen molar-refractivity contribution in [3.05, 3.63) is 54.0 Å². The van der Waals surface area contributed by atoms with Crippen molar-refractivity contribution in [2.75, 3.05) is 13.1 Å². The monoisotopic (exact) mass is 365 g/mol. The van der Waals surface area contributed by atoms with Crippen LogP contribution in [0.25, 0.3) is 16.7 Å². The number of likely N-dealkylation sites (tertiary alicyclic amines) is 1. The van der Waals surface area contributed by atoms with Gasteiger partial charge < -0.3 is 0 Å². The molecule has 1 aliphatic rings. The van der Waals surface area contributed by atoms with Gasteiger partial charge in [-0.2, -0.15) is 5.10 Å². The molecule has 7 nitrogen and oxygen atoms in total. The minimum atomic E-state index is -0.195. The van der Waals surface area contributed by atoms with Gasteiger partial charge in [0.25, 0.3) is 0 Å². The second-order valence-corrected chi connectivity index (χ2v) is 7.19. The van der Waals surface area contributed by atoms with E-state index in [9.17, 15) is 4.39 Å². The van der Waals surface area contributed by atoms with E-state index in [1.54, 1.807) is 21.7 Å². The third-order valence-electron chi connectivity index (χ3n) is 5.28. The molecule has 5 rings (SSSR count). The van der Waals surface area contributed by atoms with Crippen molar-refractivity contribution >= 4 is 16.7 Å². The van der Waals surface area contributed by atoms with Crippen molar-refractivity contribution < 1.29 is 4.39 Å². The van der Waals surface area contributed by atoms with Gasteiger partial charge in [0.05, 0.1) is 11.6 Å². The Morgan fingerprint density at radius 1 is 1.19 bits per heavy atom. The zero-order valence-electron chi connectivity index (χ0n) is 15.1. The van der Waals surface area contributed by atoms with Crippen LogP contribution < -0.4 is 0 Å². The van der Waals surface area contributed by atoms with Crippen molar-refractivity contribution in [1.82, 2.24) is 34.3 Å². The number of aromatic nitrogens is 6. The maximum atomic E-state index is 13.1. The van der Waals surface area contributed by atoms with Crippen molar-refractivity contribution in [3.8, 4) is 0 Å². The highest BCUT2D eigenvalue weighted by Gasteiger charge is 2.25. The lowest BCUT2D eigenvalue weighted by Crippen LogP contribution is -2.34. The summed E-state index contributed by atoms with van der Waals surface area (Å²) < 4.78 is 16.6. The number of benzene rings is 1. The Bertz CT molecular complexity index is 1100. The van der Waals surface area contributed by atoms with E-state index >= 15 is 0 Å². The molecular formula is C19H20FN7. The molecule has 0 bridgehead atoms. The fraction of sp³-hybridized carbons (Fsp3) is 0.368. The van der Waals surface area contributed by atoms with Crippen LogP contribution >= 0.6 is 0 Å². The van der Waals surface area contributed by atoms with Gasteiger partial charge in [-0.1, -0.05) is 12.1 Å². The molecule has 138 valence electrons. The summed E-state index contributed by atoms with van der Waals surface area (Å²) in [6.45, 7) is 2.76. The average molecular weight is 365 g/mol. The van der Waals surface area contributed by atoms with Crippen molar-refractivity contribution in [2.45, 2.75) is 25.3 Å². The molecule has 0 amide bonds. The van der Waals surface area contributed by atoms with Crippen LogP contribution in [0.3, 0.4) is 0 Å². The first kappa shape index (κ1) is 16.3. The number of rotatable bonds is 3. The van der Waals surface area contributed by atoms with E-state index < -0.39 is 0 Å². The number of piperidine rings is 1. The first-order valence-electron chi connectivity index (χ1n) is 9.17. The van der Waals surface area contributed by atoms with E-state index in [2.05, 4.69) is 20.1 Å². The molecule has 1 aliphatic heterocycles. The molecule has 4 aromatic rings. The molecule has 1 fully saturated rings. The highest BCUT2D eigenvalue weighted by molar-refractivity contribution is 5.88. The molecule has 0 N–H and O–H groups in total. The lowest BCUT2D eigenvalue weighted by atomic mass is 9.97. The van der Waals surface area contributed by atoms with Gasteiger partial charge in [0.1, 0.15) is 12.1 Å². The second-order valence-electron chi connectivity index (χ2n) is 7.19. The molecule has 0 unspecified atom stereocenters. The van der Waals surface area contributed by atoms with Gasteiger partial charge >= 0.3 is 0 Å². The quantitative estimate of drug-likeness (QED) is 0.558. The van der Waals surface area contributed by atoms with Crippen LogP contribution in [0.1, 0.15) is 30.1 Å². The van der Waals surface area contributed by atoms with Crippen LogP contribution in [0, 0.1) is 5.82 Å². The zero-order valence-corrected chi connectivity index (χ0v) is 15.1. The SMILES string of the molecule is Cn1ncc2c1ncn1nc([C@@H]3CCCN(Cc4ccc(F)cc4)C3)nc21. The summed E-state index contributed by atoms with van der Waals surface area (Å²) in [7, 11) is 1.87. The van der Waals surface area contributed by atoms with Crippen LogP contribution in [-0.4, -0.2) is 47.4 Å². The average Bonchev–Trinajstić information content (AvgIpc) is 3.28. The van der Waals surface area contributed by atoms with E-state index in [4.69, 9.17) is 4.98 Å². The highest BCUT2D eigenvalue weighted by Crippen LogP contribution is 2.27. The number of nitrogens with zero attached hydrogens (tertiary/aromatic N) is 7. The maximum absolute atomic E-state index is 13.1. The largest absolute Gasteiger partial charge is 0.298 e. The van der Waals surface area contributed by atoms with Crippen molar-refractivity contribution in [1.29, 1.82) is 0 Å². The lowest BCUT2D eigenvalue weighted by molar-refractivity contribution is 0.196. The van der Waals surface area contributed by atoms with Crippen molar-refractivity contribution in [3.63, 3.8) is 0 Å². The number of aryl methyl sites for hydroxylation is 1. The Kier molecular flexibility index (Phi) is 3.86. The second kappa shape index (κ2) is 6.38. The fourth-order valence-electron chi connectivity index (χ4n) is 3.89. The van der Waals surface area contributed by atoms with Crippen LogP contribution in [0.4, 0.5) is 4.39 Å². The third-order valence-corrected chi connectivity index (χ3v) is 5.28. The molecule has 8 heteroatoms. The number of fused-ring (bicyclic) bond motifs is 3. The Morgan fingerprint density at radius 2 is 2.04 bits per heavy atom. The molecule has 4 heterocycles. The van der Waals surface area contributed by atoms with Crippen LogP contribution in [0.5, 0.6) is 0 Å². The molecule has 0 aliphatic carbocycles. The standard InChI is InChI=1S/C19H20FN7/c1-25-18-16(9-22-25)19-23-17(24-27(19)12-21-18)14-3-2-8-26(11-14)10-13-4-6-15(20)7-5-13/h4-7,9,12,14H,2-3,8,10-11H2,1H3/t14-/m1/s1. The van der Waals surface area contributed by atoms with E-state index in [1.165, 1.54) is 12.1 Å². The Balaban J connectivity index is 1.40. The molecule has 1 atom stereocenters. The minimum absolute atomic E-state index is 0.195. The van der Waals surface area contributed by atoms with Gasteiger partial charge in [-0.05, 0) is 37.1 Å². The Labute approximate surface area is 155 Å². The number of halogens is 1. The lowest BCUT2D eigenvalue weighted by Gasteiger charge is -2.31. The molecule has 1 aromatic carbocycles. The van der Waals surface area contributed by atoms with Crippen LogP contribution in [-0.2, 0) is 13.6 Å². The summed E-state index contributed by atoms with van der Waals surface area (Å²) in [4.78, 5) is 11.6. The fourth-order valence-corrected chi connectivity index (χ4v) is 3.89. The smallest absolute Gasteiger partial charge is 0.170 e. The maximum Gasteiger partial charge on any atom is 0.170 e. The van der Waals surface area contributed by atoms with E-state index in [0.29, 0.717) is 0 Å². The Hall–Kier alpha value is -2.87. The zero-order chi connectivity index (χ0) is 18.4. The summed E-state index contributed by atoms with van der Waals surface area (Å²) in [6.07, 6.45) is 5.66. The van der Waals surface area contributed by atoms with Gasteiger partial charge in [0.15, 0.2) is 17.1 Å². The van der Waals surface area contributed by atoms with Gasteiger partial charge in [-0.25, -0.2) is 18.9 Å². The summed E-state index contributed by atoms with van der Waals surface area (Å²) >= 11 is 0. The molecule has 3 aromatic heterocycles. The van der Waals surface area contributed by atoms with E-state index in [-0.39, 0.29) is 11.7 Å². The summed E-state index contributed by atoms with van der Waals surface area (Å²) in [6, 6.07) is 6.75. The minimum Gasteiger partial charge on any atom is -0.298 e. The molecule has 0 spiro atoms. The van der Waals surface area contributed by atoms with Crippen LogP contribution in [0.2, 0.25) is 0 Å². The number of hydrogen-bond donors (Lipinski definition) is 0. The van der Waals surface area contributed by atoms with E-state index in [0.717, 1.165) is 60.5 Å². The van der Waals surface area contributed by atoms with Gasteiger partial charge in [-0.15, -0.1) is 5.10 Å². The normalized spacial score (nSPS) is 18.5. The summed E-state index contributed by atoms with van der Waals surface area (Å²) in [5.74, 6) is 0.947. The summed E-state index contributed by atoms with van der Waals surface area (Å²) in [5.41, 5.74) is 2.74. The van der Waals surface area contributed by atoms with Crippen LogP contribution in [0.15, 0.2) is 36.8 Å². The summed E-state index contributed by atoms with van der Waals surface area (Å²) in [5, 5.41) is 9.86. The van der Waals surface area contributed by atoms with E-state index in [1.807, 2.05) is 19.2 Å². The topological polar surface area (TPSA) is 64.1 Å². The van der Waals surface area contributed by atoms with Gasteiger partial charge in [-0.3, -0.25) is 9.58 Å². The predicted octanol–water partition coefficient (Wildman–Crippen LogP) is 2.53. The van der Waals surface area contributed by atoms with Crippen molar-refractivity contribution in [2.24, 2.45) is 7.05 Å². The van der Waals surface area contributed by atoms with Gasteiger partial charge in [0, 0.05) is 26.1 Å².